The number of aryl methyl sites for hydroxylation is 1. The third kappa shape index (κ3) is 2.34. The lowest BCUT2D eigenvalue weighted by Crippen LogP contribution is -2.02. The van der Waals surface area contributed by atoms with E-state index in [1.807, 2.05) is 4.80 Å². The number of nitrogens with zero attached hydrogens (tertiary/aromatic N) is 3. The molecule has 3 nitrogen and oxygen atoms in total. The largest absolute Gasteiger partial charge is 0.184 e. The number of aromatic nitrogens is 3. The van der Waals surface area contributed by atoms with Gasteiger partial charge in [-0.15, -0.1) is 0 Å². The van der Waals surface area contributed by atoms with Gasteiger partial charge in [0.1, 0.15) is 0 Å². The van der Waals surface area contributed by atoms with Crippen molar-refractivity contribution in [1.82, 2.24) is 15.0 Å². The molecule has 0 atom stereocenters. The van der Waals surface area contributed by atoms with Crippen LogP contribution in [0.1, 0.15) is 64.3 Å². The van der Waals surface area contributed by atoms with Crippen LogP contribution >= 0.6 is 0 Å². The summed E-state index contributed by atoms with van der Waals surface area (Å²) in [4.78, 5) is 1.84. The molecule has 1 aromatic rings. The van der Waals surface area contributed by atoms with Crippen LogP contribution in [0.2, 0.25) is 0 Å². The Morgan fingerprint density at radius 3 is 1.71 bits per heavy atom. The van der Waals surface area contributed by atoms with Crippen LogP contribution in [0, 0.1) is 0 Å². The van der Waals surface area contributed by atoms with Gasteiger partial charge in [0.15, 0.2) is 0 Å². The van der Waals surface area contributed by atoms with E-state index in [9.17, 15) is 0 Å². The second kappa shape index (κ2) is 4.58. The van der Waals surface area contributed by atoms with E-state index in [0.29, 0.717) is 11.8 Å². The Labute approximate surface area is 86.5 Å². The van der Waals surface area contributed by atoms with E-state index in [4.69, 9.17) is 0 Å². The highest BCUT2D eigenvalue weighted by molar-refractivity contribution is 5.16. The summed E-state index contributed by atoms with van der Waals surface area (Å²) in [6, 6.07) is 0. The molecule has 0 aliphatic heterocycles. The molecule has 1 rings (SSSR count). The molecule has 0 unspecified atom stereocenters. The van der Waals surface area contributed by atoms with Gasteiger partial charge >= 0.3 is 0 Å². The fourth-order valence-corrected chi connectivity index (χ4v) is 1.50. The van der Waals surface area contributed by atoms with Crippen molar-refractivity contribution in [1.29, 1.82) is 0 Å². The Hall–Kier alpha value is -0.860. The minimum absolute atomic E-state index is 0.470. The summed E-state index contributed by atoms with van der Waals surface area (Å²) >= 11 is 0. The maximum absolute atomic E-state index is 4.53. The normalized spacial score (nSPS) is 11.6. The van der Waals surface area contributed by atoms with Gasteiger partial charge in [-0.2, -0.15) is 15.0 Å². The molecule has 14 heavy (non-hydrogen) atoms. The summed E-state index contributed by atoms with van der Waals surface area (Å²) in [5.74, 6) is 0.941. The van der Waals surface area contributed by atoms with Gasteiger partial charge in [0.25, 0.3) is 0 Å². The molecule has 0 spiro atoms. The molecule has 0 amide bonds. The lowest BCUT2D eigenvalue weighted by Gasteiger charge is -2.04. The molecule has 0 aliphatic carbocycles. The van der Waals surface area contributed by atoms with Crippen LogP contribution in [0.5, 0.6) is 0 Å². The molecule has 0 aliphatic rings. The van der Waals surface area contributed by atoms with Crippen LogP contribution in [0.3, 0.4) is 0 Å². The minimum atomic E-state index is 0.470. The zero-order valence-electron chi connectivity index (χ0n) is 9.91. The maximum atomic E-state index is 4.53. The van der Waals surface area contributed by atoms with Gasteiger partial charge in [-0.05, 0) is 18.3 Å². The van der Waals surface area contributed by atoms with Crippen LogP contribution in [-0.4, -0.2) is 15.0 Å². The van der Waals surface area contributed by atoms with E-state index >= 15 is 0 Å². The SMILES string of the molecule is CCCn1nc(C(C)C)c(C(C)C)n1. The number of hydrogen-bond acceptors (Lipinski definition) is 2. The summed E-state index contributed by atoms with van der Waals surface area (Å²) in [5.41, 5.74) is 2.32. The third-order valence-electron chi connectivity index (χ3n) is 2.23. The molecule has 0 fully saturated rings. The van der Waals surface area contributed by atoms with Crippen LogP contribution in [0.4, 0.5) is 0 Å². The standard InChI is InChI=1S/C11H21N3/c1-6-7-14-12-10(8(2)3)11(13-14)9(4)5/h8-9H,6-7H2,1-5H3. The summed E-state index contributed by atoms with van der Waals surface area (Å²) in [6.07, 6.45) is 1.09. The Kier molecular flexibility index (Phi) is 3.67. The monoisotopic (exact) mass is 195 g/mol. The first kappa shape index (κ1) is 11.2. The van der Waals surface area contributed by atoms with Crippen LogP contribution in [0.25, 0.3) is 0 Å². The topological polar surface area (TPSA) is 30.7 Å². The molecule has 1 aromatic heterocycles. The predicted octanol–water partition coefficient (Wildman–Crippen LogP) is 2.93. The van der Waals surface area contributed by atoms with Crippen molar-refractivity contribution in [3.63, 3.8) is 0 Å². The first-order chi connectivity index (χ1) is 6.56. The van der Waals surface area contributed by atoms with Crippen molar-refractivity contribution in [2.75, 3.05) is 0 Å². The Morgan fingerprint density at radius 2 is 1.43 bits per heavy atom. The second-order valence-corrected chi connectivity index (χ2v) is 4.38. The highest BCUT2D eigenvalue weighted by Gasteiger charge is 2.16. The lowest BCUT2D eigenvalue weighted by molar-refractivity contribution is 0.516. The van der Waals surface area contributed by atoms with Crippen LogP contribution in [0.15, 0.2) is 0 Å². The molecule has 80 valence electrons. The molecule has 0 aromatic carbocycles. The van der Waals surface area contributed by atoms with Crippen molar-refractivity contribution in [3.8, 4) is 0 Å². The maximum Gasteiger partial charge on any atom is 0.0887 e. The Morgan fingerprint density at radius 1 is 1.00 bits per heavy atom. The highest BCUT2D eigenvalue weighted by Crippen LogP contribution is 2.22. The first-order valence-electron chi connectivity index (χ1n) is 5.51. The van der Waals surface area contributed by atoms with Gasteiger partial charge in [-0.25, -0.2) is 0 Å². The third-order valence-corrected chi connectivity index (χ3v) is 2.23. The van der Waals surface area contributed by atoms with Gasteiger partial charge in [0, 0.05) is 0 Å². The molecule has 3 heteroatoms. The number of hydrogen-bond donors (Lipinski definition) is 0. The second-order valence-electron chi connectivity index (χ2n) is 4.38. The smallest absolute Gasteiger partial charge is 0.0887 e. The van der Waals surface area contributed by atoms with E-state index < -0.39 is 0 Å². The Bertz CT molecular complexity index is 261. The van der Waals surface area contributed by atoms with E-state index in [-0.39, 0.29) is 0 Å². The zero-order chi connectivity index (χ0) is 10.7. The first-order valence-corrected chi connectivity index (χ1v) is 5.51. The summed E-state index contributed by atoms with van der Waals surface area (Å²) in [7, 11) is 0. The van der Waals surface area contributed by atoms with Gasteiger partial charge in [0.05, 0.1) is 17.9 Å². The lowest BCUT2D eigenvalue weighted by atomic mass is 10.0. The van der Waals surface area contributed by atoms with Crippen molar-refractivity contribution in [2.24, 2.45) is 0 Å². The average Bonchev–Trinajstić information content (AvgIpc) is 2.49. The van der Waals surface area contributed by atoms with Crippen LogP contribution in [-0.2, 0) is 6.54 Å². The molecular weight excluding hydrogens is 174 g/mol. The van der Waals surface area contributed by atoms with Crippen molar-refractivity contribution in [3.05, 3.63) is 11.4 Å². The summed E-state index contributed by atoms with van der Waals surface area (Å²) < 4.78 is 0. The summed E-state index contributed by atoms with van der Waals surface area (Å²) in [6.45, 7) is 11.8. The van der Waals surface area contributed by atoms with E-state index in [0.717, 1.165) is 24.4 Å². The average molecular weight is 195 g/mol. The molecule has 0 N–H and O–H groups in total. The van der Waals surface area contributed by atoms with Crippen LogP contribution < -0.4 is 0 Å². The molecule has 1 heterocycles. The minimum Gasteiger partial charge on any atom is -0.184 e. The van der Waals surface area contributed by atoms with Crippen molar-refractivity contribution >= 4 is 0 Å². The van der Waals surface area contributed by atoms with Gasteiger partial charge in [-0.1, -0.05) is 34.6 Å². The van der Waals surface area contributed by atoms with E-state index in [1.54, 1.807) is 0 Å². The molecular formula is C11H21N3. The molecule has 0 radical (unpaired) electrons. The van der Waals surface area contributed by atoms with Gasteiger partial charge in [-0.3, -0.25) is 0 Å². The molecule has 0 saturated carbocycles. The predicted molar refractivity (Wildman–Crippen MR) is 58.5 cm³/mol. The fraction of sp³-hybridized carbons (Fsp3) is 0.818. The van der Waals surface area contributed by atoms with E-state index in [2.05, 4.69) is 44.8 Å². The quantitative estimate of drug-likeness (QED) is 0.739. The molecule has 0 saturated heterocycles. The van der Waals surface area contributed by atoms with Crippen molar-refractivity contribution in [2.45, 2.75) is 59.4 Å². The van der Waals surface area contributed by atoms with E-state index in [1.165, 1.54) is 0 Å². The highest BCUT2D eigenvalue weighted by atomic mass is 15.5. The number of rotatable bonds is 4. The zero-order valence-corrected chi connectivity index (χ0v) is 9.91. The van der Waals surface area contributed by atoms with Gasteiger partial charge < -0.3 is 0 Å². The van der Waals surface area contributed by atoms with Crippen molar-refractivity contribution < 1.29 is 0 Å². The molecule has 0 bridgehead atoms. The summed E-state index contributed by atoms with van der Waals surface area (Å²) in [5, 5.41) is 9.05. The Balaban J connectivity index is 3.00. The van der Waals surface area contributed by atoms with Gasteiger partial charge in [0.2, 0.25) is 0 Å². The fourth-order valence-electron chi connectivity index (χ4n) is 1.50.